The minimum absolute atomic E-state index is 0.0606. The van der Waals surface area contributed by atoms with Crippen LogP contribution >= 0.6 is 46.6 Å². The average Bonchev–Trinajstić information content (AvgIpc) is 2.87. The largest absolute Gasteiger partial charge is 0.506 e. The van der Waals surface area contributed by atoms with Crippen molar-refractivity contribution in [3.8, 4) is 5.75 Å². The number of benzene rings is 3. The summed E-state index contributed by atoms with van der Waals surface area (Å²) in [7, 11) is -4.12. The van der Waals surface area contributed by atoms with E-state index in [0.717, 1.165) is 17.8 Å². The third-order valence-electron chi connectivity index (χ3n) is 5.33. The van der Waals surface area contributed by atoms with Gasteiger partial charge in [-0.25, -0.2) is 8.42 Å². The van der Waals surface area contributed by atoms with Gasteiger partial charge in [0.1, 0.15) is 11.0 Å². The minimum atomic E-state index is -4.12. The number of phenols is 1. The summed E-state index contributed by atoms with van der Waals surface area (Å²) in [6.07, 6.45) is -0.0644. The number of aliphatic carboxylic acids is 1. The molecule has 9 nitrogen and oxygen atoms in total. The molecule has 2 amide bonds. The van der Waals surface area contributed by atoms with E-state index in [-0.39, 0.29) is 49.1 Å². The van der Waals surface area contributed by atoms with E-state index >= 15 is 0 Å². The van der Waals surface area contributed by atoms with Gasteiger partial charge >= 0.3 is 5.97 Å². The summed E-state index contributed by atoms with van der Waals surface area (Å²) in [5.41, 5.74) is 0.0390. The van der Waals surface area contributed by atoms with E-state index in [2.05, 4.69) is 10.6 Å². The number of rotatable bonds is 10. The van der Waals surface area contributed by atoms with Gasteiger partial charge in [0.05, 0.1) is 37.1 Å². The maximum atomic E-state index is 13.2. The smallest absolute Gasteiger partial charge is 0.313 e. The van der Waals surface area contributed by atoms with Crippen LogP contribution in [0.3, 0.4) is 0 Å². The van der Waals surface area contributed by atoms with Crippen LogP contribution in [0.4, 0.5) is 11.4 Å². The second kappa shape index (κ2) is 12.9. The lowest BCUT2D eigenvalue weighted by atomic mass is 10.2. The summed E-state index contributed by atoms with van der Waals surface area (Å²) < 4.78 is 26.3. The first-order valence-corrected chi connectivity index (χ1v) is 14.8. The normalized spacial score (nSPS) is 12.0. The number of halogens is 3. The standard InChI is InChI=1S/C25H21Cl3N2O7S2/c1-2-22(39(36,37)15-6-4-14(5-7-15)38-12-23(32)33)25(35)29-19-11-21(31)20(10-18(19)28)30-24(34)13-3-8-16(26)17(27)9-13/h3-11,22,31H,2,12H2,1H3,(H,29,35)(H,30,34)(H,32,33). The molecule has 3 aromatic rings. The Labute approximate surface area is 243 Å². The van der Waals surface area contributed by atoms with Crippen LogP contribution in [0.2, 0.25) is 15.1 Å². The Morgan fingerprint density at radius 1 is 0.897 bits per heavy atom. The molecule has 206 valence electrons. The zero-order valence-electron chi connectivity index (χ0n) is 20.1. The predicted octanol–water partition coefficient (Wildman–Crippen LogP) is 5.97. The average molecular weight is 632 g/mol. The van der Waals surface area contributed by atoms with E-state index in [0.29, 0.717) is 4.90 Å². The maximum Gasteiger partial charge on any atom is 0.313 e. The summed E-state index contributed by atoms with van der Waals surface area (Å²) in [5, 5.41) is 23.0. The van der Waals surface area contributed by atoms with Gasteiger partial charge in [0.15, 0.2) is 9.84 Å². The number of carboxylic acids is 1. The van der Waals surface area contributed by atoms with Crippen LogP contribution in [0.5, 0.6) is 5.75 Å². The number of phenolic OH excluding ortho intramolecular Hbond substituents is 1. The van der Waals surface area contributed by atoms with Crippen LogP contribution < -0.4 is 10.6 Å². The zero-order chi connectivity index (χ0) is 28.9. The van der Waals surface area contributed by atoms with Crippen molar-refractivity contribution in [3.63, 3.8) is 0 Å². The predicted molar refractivity (Wildman–Crippen MR) is 152 cm³/mol. The molecular formula is C25H21Cl3N2O7S2. The van der Waals surface area contributed by atoms with Crippen molar-refractivity contribution in [2.45, 2.75) is 28.4 Å². The Balaban J connectivity index is 1.76. The molecule has 0 saturated carbocycles. The van der Waals surface area contributed by atoms with Gasteiger partial charge in [0.2, 0.25) is 5.91 Å². The van der Waals surface area contributed by atoms with Gasteiger partial charge in [-0.1, -0.05) is 41.7 Å². The van der Waals surface area contributed by atoms with Crippen LogP contribution in [-0.4, -0.2) is 47.4 Å². The SMILES string of the molecule is CCC(C(=O)Nc1cc(O)c(NC(=O)c2ccc(Cl)c(Cl)c2)cc1Cl)S(=O)(=O)c1ccc(SCC(=O)O)cc1. The van der Waals surface area contributed by atoms with E-state index in [1.165, 1.54) is 55.5 Å². The van der Waals surface area contributed by atoms with E-state index in [1.807, 2.05) is 0 Å². The molecule has 0 radical (unpaired) electrons. The number of sulfone groups is 1. The van der Waals surface area contributed by atoms with E-state index < -0.39 is 38.6 Å². The Kier molecular flexibility index (Phi) is 10.1. The topological polar surface area (TPSA) is 150 Å². The maximum absolute atomic E-state index is 13.2. The number of aromatic hydroxyl groups is 1. The Hall–Kier alpha value is -2.96. The van der Waals surface area contributed by atoms with E-state index in [9.17, 15) is 27.9 Å². The molecule has 0 aromatic heterocycles. The first-order chi connectivity index (χ1) is 18.3. The summed E-state index contributed by atoms with van der Waals surface area (Å²) >= 11 is 19.1. The Bertz CT molecular complexity index is 1530. The van der Waals surface area contributed by atoms with Crippen molar-refractivity contribution in [2.75, 3.05) is 16.4 Å². The van der Waals surface area contributed by atoms with Crippen LogP contribution in [0.25, 0.3) is 0 Å². The number of carbonyl (C=O) groups excluding carboxylic acids is 2. The second-order valence-electron chi connectivity index (χ2n) is 8.02. The van der Waals surface area contributed by atoms with Gasteiger partial charge in [-0.2, -0.15) is 0 Å². The van der Waals surface area contributed by atoms with Crippen molar-refractivity contribution in [1.29, 1.82) is 0 Å². The van der Waals surface area contributed by atoms with Crippen LogP contribution in [0.1, 0.15) is 23.7 Å². The number of hydrogen-bond donors (Lipinski definition) is 4. The number of thioether (sulfide) groups is 1. The molecule has 3 rings (SSSR count). The van der Waals surface area contributed by atoms with Crippen molar-refractivity contribution < 1.29 is 33.0 Å². The monoisotopic (exact) mass is 630 g/mol. The molecule has 0 saturated heterocycles. The lowest BCUT2D eigenvalue weighted by Gasteiger charge is -2.18. The molecule has 4 N–H and O–H groups in total. The van der Waals surface area contributed by atoms with Gasteiger partial charge < -0.3 is 20.8 Å². The lowest BCUT2D eigenvalue weighted by molar-refractivity contribution is -0.133. The van der Waals surface area contributed by atoms with E-state index in [4.69, 9.17) is 39.9 Å². The Morgan fingerprint density at radius 3 is 2.15 bits per heavy atom. The van der Waals surface area contributed by atoms with Gasteiger partial charge in [-0.05, 0) is 55.0 Å². The van der Waals surface area contributed by atoms with Crippen LogP contribution in [0.15, 0.2) is 64.4 Å². The number of anilines is 2. The molecule has 1 atom stereocenters. The third kappa shape index (κ3) is 7.58. The fourth-order valence-corrected chi connectivity index (χ4v) is 6.13. The van der Waals surface area contributed by atoms with Crippen LogP contribution in [0, 0.1) is 0 Å². The van der Waals surface area contributed by atoms with Crippen molar-refractivity contribution in [2.24, 2.45) is 0 Å². The first-order valence-electron chi connectivity index (χ1n) is 11.1. The molecule has 0 fully saturated rings. The van der Waals surface area contributed by atoms with Crippen molar-refractivity contribution in [3.05, 3.63) is 75.2 Å². The van der Waals surface area contributed by atoms with Gasteiger partial charge in [0, 0.05) is 16.5 Å². The van der Waals surface area contributed by atoms with Crippen LogP contribution in [-0.2, 0) is 19.4 Å². The summed E-state index contributed by atoms with van der Waals surface area (Å²) in [5.74, 6) is -3.12. The number of nitrogens with one attached hydrogen (secondary N) is 2. The van der Waals surface area contributed by atoms with E-state index in [1.54, 1.807) is 0 Å². The number of carbonyl (C=O) groups is 3. The summed E-state index contributed by atoms with van der Waals surface area (Å²) in [4.78, 5) is 36.7. The molecule has 0 aliphatic heterocycles. The highest BCUT2D eigenvalue weighted by Gasteiger charge is 2.33. The second-order valence-corrected chi connectivity index (χ2v) is 12.4. The molecule has 3 aromatic carbocycles. The van der Waals surface area contributed by atoms with Gasteiger partial charge in [0.25, 0.3) is 5.91 Å². The van der Waals surface area contributed by atoms with Crippen molar-refractivity contribution in [1.82, 2.24) is 0 Å². The number of amides is 2. The highest BCUT2D eigenvalue weighted by molar-refractivity contribution is 8.00. The Morgan fingerprint density at radius 2 is 1.56 bits per heavy atom. The minimum Gasteiger partial charge on any atom is -0.506 e. The number of hydrogen-bond acceptors (Lipinski definition) is 7. The lowest BCUT2D eigenvalue weighted by Crippen LogP contribution is -2.34. The molecule has 0 aliphatic rings. The summed E-state index contributed by atoms with van der Waals surface area (Å²) in [6.45, 7) is 1.53. The third-order valence-corrected chi connectivity index (χ3v) is 9.60. The molecular weight excluding hydrogens is 611 g/mol. The zero-order valence-corrected chi connectivity index (χ0v) is 24.0. The summed E-state index contributed by atoms with van der Waals surface area (Å²) in [6, 6.07) is 12.0. The molecule has 0 bridgehead atoms. The fourth-order valence-electron chi connectivity index (χ4n) is 3.38. The number of carboxylic acid groups (broad SMARTS) is 1. The fraction of sp³-hybridized carbons (Fsp3) is 0.160. The highest BCUT2D eigenvalue weighted by atomic mass is 35.5. The first kappa shape index (κ1) is 30.6. The van der Waals surface area contributed by atoms with Gasteiger partial charge in [-0.3, -0.25) is 14.4 Å². The van der Waals surface area contributed by atoms with Gasteiger partial charge in [-0.15, -0.1) is 11.8 Å². The molecule has 0 heterocycles. The molecule has 0 spiro atoms. The molecule has 1 unspecified atom stereocenters. The van der Waals surface area contributed by atoms with Crippen molar-refractivity contribution >= 4 is 85.6 Å². The highest BCUT2D eigenvalue weighted by Crippen LogP contribution is 2.35. The molecule has 14 heteroatoms. The molecule has 0 aliphatic carbocycles. The quantitative estimate of drug-likeness (QED) is 0.158. The molecule has 39 heavy (non-hydrogen) atoms.